The van der Waals surface area contributed by atoms with Gasteiger partial charge in [0, 0.05) is 16.7 Å². The van der Waals surface area contributed by atoms with Crippen LogP contribution < -0.4 is 10.4 Å². The van der Waals surface area contributed by atoms with Crippen LogP contribution in [0.4, 0.5) is 0 Å². The molecule has 0 atom stereocenters. The summed E-state index contributed by atoms with van der Waals surface area (Å²) in [5, 5.41) is 8.07. The first-order valence-electron chi connectivity index (χ1n) is 16.1. The molecule has 0 bridgehead atoms. The Kier molecular flexibility index (Phi) is 6.27. The molecule has 1 aromatic heterocycles. The fourth-order valence-electron chi connectivity index (χ4n) is 7.46. The van der Waals surface area contributed by atoms with Crippen molar-refractivity contribution in [3.05, 3.63) is 152 Å². The van der Waals surface area contributed by atoms with Crippen LogP contribution in [0.25, 0.3) is 78.0 Å². The number of nitrogens with zero attached hydrogens (tertiary/aromatic N) is 3. The number of hydrogen-bond acceptors (Lipinski definition) is 3. The summed E-state index contributed by atoms with van der Waals surface area (Å²) in [6, 6.07) is 53.9. The van der Waals surface area contributed by atoms with E-state index in [2.05, 4.69) is 147 Å². The highest BCUT2D eigenvalue weighted by molar-refractivity contribution is 7.05. The molecule has 0 spiro atoms. The molecule has 8 aromatic rings. The zero-order valence-corrected chi connectivity index (χ0v) is 27.3. The van der Waals surface area contributed by atoms with Crippen molar-refractivity contribution < 1.29 is 0 Å². The van der Waals surface area contributed by atoms with Crippen molar-refractivity contribution in [2.24, 2.45) is 0 Å². The molecular weight excluding hydrogens is 587 g/mol. The van der Waals surface area contributed by atoms with Crippen molar-refractivity contribution in [3.8, 4) is 56.4 Å². The average Bonchev–Trinajstić information content (AvgIpc) is 3.38. The topological polar surface area (TPSA) is 38.7 Å². The summed E-state index contributed by atoms with van der Waals surface area (Å²) in [5.74, 6) is 2.05. The molecule has 0 fully saturated rings. The lowest BCUT2D eigenvalue weighted by Gasteiger charge is -2.20. The summed E-state index contributed by atoms with van der Waals surface area (Å²) in [6.45, 7) is 4.94. The molecule has 0 saturated carbocycles. The Bertz CT molecular complexity index is 2480. The molecule has 0 aliphatic carbocycles. The third-order valence-electron chi connectivity index (χ3n) is 9.71. The molecule has 1 aliphatic heterocycles. The highest BCUT2D eigenvalue weighted by Gasteiger charge is 2.40. The van der Waals surface area contributed by atoms with Gasteiger partial charge in [-0.2, -0.15) is 0 Å². The van der Waals surface area contributed by atoms with E-state index in [1.54, 1.807) is 0 Å². The number of hydrogen-bond donors (Lipinski definition) is 0. The van der Waals surface area contributed by atoms with Gasteiger partial charge in [0.2, 0.25) is 0 Å². The van der Waals surface area contributed by atoms with Crippen molar-refractivity contribution in [3.63, 3.8) is 0 Å². The minimum Gasteiger partial charge on any atom is -0.208 e. The highest BCUT2D eigenvalue weighted by atomic mass is 28.3. The third-order valence-corrected chi connectivity index (χ3v) is 13.3. The number of aromatic nitrogens is 3. The molecule has 1 aliphatic rings. The zero-order chi connectivity index (χ0) is 31.5. The Morgan fingerprint density at radius 3 is 1.70 bits per heavy atom. The number of rotatable bonds is 4. The van der Waals surface area contributed by atoms with E-state index in [0.29, 0.717) is 17.5 Å². The van der Waals surface area contributed by atoms with Gasteiger partial charge in [0.1, 0.15) is 8.07 Å². The van der Waals surface area contributed by atoms with E-state index in [4.69, 9.17) is 15.0 Å². The standard InChI is InChI=1S/C43H31N3Si/c1-47(2)38-21-11-20-37(39(38)36-27-26-29-13-7-9-18-35(29)40(36)47)43-45-41(31-14-4-3-5-15-31)44-42(46-43)32-24-22-30(23-25-32)34-19-10-16-28-12-6-8-17-33(28)34/h3-27H,1-2H3. The van der Waals surface area contributed by atoms with Crippen molar-refractivity contribution in [2.45, 2.75) is 13.1 Å². The third kappa shape index (κ3) is 4.44. The minimum absolute atomic E-state index is 0.671. The maximum absolute atomic E-state index is 5.21. The van der Waals surface area contributed by atoms with Crippen molar-refractivity contribution in [1.29, 1.82) is 0 Å². The summed E-state index contributed by atoms with van der Waals surface area (Å²) in [7, 11) is -1.99. The zero-order valence-electron chi connectivity index (χ0n) is 26.3. The monoisotopic (exact) mass is 617 g/mol. The smallest absolute Gasteiger partial charge is 0.164 e. The predicted molar refractivity (Wildman–Crippen MR) is 199 cm³/mol. The van der Waals surface area contributed by atoms with Crippen LogP contribution in [0, 0.1) is 0 Å². The summed E-state index contributed by atoms with van der Waals surface area (Å²) in [4.78, 5) is 15.4. The first-order valence-corrected chi connectivity index (χ1v) is 19.1. The number of benzene rings is 7. The van der Waals surface area contributed by atoms with E-state index in [0.717, 1.165) is 16.7 Å². The maximum Gasteiger partial charge on any atom is 0.164 e. The lowest BCUT2D eigenvalue weighted by molar-refractivity contribution is 1.07. The molecule has 7 aromatic carbocycles. The van der Waals surface area contributed by atoms with E-state index < -0.39 is 8.07 Å². The summed E-state index contributed by atoms with van der Waals surface area (Å²) < 4.78 is 0. The fourth-order valence-corrected chi connectivity index (χ4v) is 10.9. The molecular formula is C43H31N3Si. The first kappa shape index (κ1) is 27.6. The van der Waals surface area contributed by atoms with Gasteiger partial charge in [-0.3, -0.25) is 0 Å². The lowest BCUT2D eigenvalue weighted by atomic mass is 9.96. The Hall–Kier alpha value is -5.71. The van der Waals surface area contributed by atoms with Gasteiger partial charge in [0.25, 0.3) is 0 Å². The van der Waals surface area contributed by atoms with Crippen LogP contribution in [0.2, 0.25) is 13.1 Å². The lowest BCUT2D eigenvalue weighted by Crippen LogP contribution is -2.49. The van der Waals surface area contributed by atoms with Gasteiger partial charge < -0.3 is 0 Å². The predicted octanol–water partition coefficient (Wildman–Crippen LogP) is 9.65. The largest absolute Gasteiger partial charge is 0.208 e. The van der Waals surface area contributed by atoms with E-state index >= 15 is 0 Å². The van der Waals surface area contributed by atoms with E-state index in [-0.39, 0.29) is 0 Å². The second kappa shape index (κ2) is 10.7. The van der Waals surface area contributed by atoms with Crippen LogP contribution in [0.15, 0.2) is 152 Å². The van der Waals surface area contributed by atoms with Gasteiger partial charge in [0.15, 0.2) is 17.5 Å². The van der Waals surface area contributed by atoms with Crippen LogP contribution in [-0.4, -0.2) is 23.0 Å². The van der Waals surface area contributed by atoms with Crippen molar-refractivity contribution >= 4 is 40.0 Å². The van der Waals surface area contributed by atoms with Crippen molar-refractivity contribution in [1.82, 2.24) is 15.0 Å². The Labute approximate surface area is 275 Å². The maximum atomic E-state index is 5.21. The normalized spacial score (nSPS) is 13.1. The second-order valence-electron chi connectivity index (χ2n) is 12.8. The van der Waals surface area contributed by atoms with E-state index in [1.807, 2.05) is 18.2 Å². The summed E-state index contributed by atoms with van der Waals surface area (Å²) in [5.41, 5.74) is 7.96. The molecule has 0 radical (unpaired) electrons. The molecule has 0 unspecified atom stereocenters. The van der Waals surface area contributed by atoms with E-state index in [1.165, 1.54) is 54.2 Å². The summed E-state index contributed by atoms with van der Waals surface area (Å²) >= 11 is 0. The van der Waals surface area contributed by atoms with Crippen LogP contribution in [-0.2, 0) is 0 Å². The van der Waals surface area contributed by atoms with Gasteiger partial charge in [-0.25, -0.2) is 15.0 Å². The average molecular weight is 618 g/mol. The highest BCUT2D eigenvalue weighted by Crippen LogP contribution is 2.39. The van der Waals surface area contributed by atoms with Gasteiger partial charge in [0.05, 0.1) is 0 Å². The van der Waals surface area contributed by atoms with Crippen LogP contribution in [0.5, 0.6) is 0 Å². The molecule has 0 saturated heterocycles. The Morgan fingerprint density at radius 2 is 0.936 bits per heavy atom. The van der Waals surface area contributed by atoms with Crippen LogP contribution >= 0.6 is 0 Å². The fraction of sp³-hybridized carbons (Fsp3) is 0.0465. The molecule has 0 N–H and O–H groups in total. The quantitative estimate of drug-likeness (QED) is 0.185. The molecule has 0 amide bonds. The van der Waals surface area contributed by atoms with Gasteiger partial charge in [-0.15, -0.1) is 0 Å². The summed E-state index contributed by atoms with van der Waals surface area (Å²) in [6.07, 6.45) is 0. The molecule has 47 heavy (non-hydrogen) atoms. The Balaban J connectivity index is 1.22. The molecule has 222 valence electrons. The van der Waals surface area contributed by atoms with Crippen molar-refractivity contribution in [2.75, 3.05) is 0 Å². The first-order chi connectivity index (χ1) is 23.1. The molecule has 2 heterocycles. The van der Waals surface area contributed by atoms with Gasteiger partial charge >= 0.3 is 0 Å². The Morgan fingerprint density at radius 1 is 0.383 bits per heavy atom. The molecule has 4 heteroatoms. The molecule has 9 rings (SSSR count). The van der Waals surface area contributed by atoms with Gasteiger partial charge in [-0.05, 0) is 54.2 Å². The second-order valence-corrected chi connectivity index (χ2v) is 17.1. The number of fused-ring (bicyclic) bond motifs is 6. The molecule has 3 nitrogen and oxygen atoms in total. The SMILES string of the molecule is C[Si]1(C)c2cccc(-c3nc(-c4ccccc4)nc(-c4ccc(-c5cccc6ccccc56)cc4)n3)c2-c2ccc3ccccc3c21. The van der Waals surface area contributed by atoms with Crippen LogP contribution in [0.1, 0.15) is 0 Å². The van der Waals surface area contributed by atoms with E-state index in [9.17, 15) is 0 Å². The minimum atomic E-state index is -1.99. The van der Waals surface area contributed by atoms with Crippen LogP contribution in [0.3, 0.4) is 0 Å². The van der Waals surface area contributed by atoms with Gasteiger partial charge in [-0.1, -0.05) is 165 Å².